The van der Waals surface area contributed by atoms with E-state index in [-0.39, 0.29) is 5.57 Å². The first-order valence-corrected chi connectivity index (χ1v) is 5.10. The molecule has 4 nitrogen and oxygen atoms in total. The van der Waals surface area contributed by atoms with Crippen molar-refractivity contribution in [3.63, 3.8) is 0 Å². The molecule has 1 aromatic rings. The lowest BCUT2D eigenvalue weighted by atomic mass is 10.0. The Morgan fingerprint density at radius 1 is 1.24 bits per heavy atom. The van der Waals surface area contributed by atoms with E-state index in [1.54, 1.807) is 31.2 Å². The number of carbonyl (C=O) groups is 2. The molecule has 0 fully saturated rings. The Labute approximate surface area is 99.8 Å². The summed E-state index contributed by atoms with van der Waals surface area (Å²) in [4.78, 5) is 22.9. The number of para-hydroxylation sites is 1. The summed E-state index contributed by atoms with van der Waals surface area (Å²) in [5, 5.41) is 0. The maximum absolute atomic E-state index is 11.6. The minimum atomic E-state index is -0.712. The molecule has 0 bridgehead atoms. The minimum Gasteiger partial charge on any atom is -0.469 e. The van der Waals surface area contributed by atoms with Gasteiger partial charge in [-0.1, -0.05) is 24.8 Å². The highest BCUT2D eigenvalue weighted by molar-refractivity contribution is 5.95. The molecule has 0 radical (unpaired) electrons. The van der Waals surface area contributed by atoms with Crippen LogP contribution in [-0.2, 0) is 14.3 Å². The molecule has 0 spiro atoms. The van der Waals surface area contributed by atoms with Crippen LogP contribution in [0.5, 0.6) is 5.75 Å². The van der Waals surface area contributed by atoms with E-state index in [1.165, 1.54) is 7.11 Å². The van der Waals surface area contributed by atoms with Gasteiger partial charge in [0.25, 0.3) is 0 Å². The van der Waals surface area contributed by atoms with Crippen molar-refractivity contribution in [1.29, 1.82) is 0 Å². The Morgan fingerprint density at radius 3 is 2.35 bits per heavy atom. The predicted octanol–water partition coefficient (Wildman–Crippen LogP) is 1.96. The molecule has 0 aliphatic carbocycles. The van der Waals surface area contributed by atoms with Crippen molar-refractivity contribution in [2.24, 2.45) is 5.92 Å². The van der Waals surface area contributed by atoms with Crippen LogP contribution in [0.1, 0.15) is 6.92 Å². The van der Waals surface area contributed by atoms with Gasteiger partial charge < -0.3 is 9.47 Å². The van der Waals surface area contributed by atoms with Crippen LogP contribution in [-0.4, -0.2) is 19.0 Å². The van der Waals surface area contributed by atoms with E-state index < -0.39 is 17.9 Å². The van der Waals surface area contributed by atoms with E-state index in [4.69, 9.17) is 4.74 Å². The van der Waals surface area contributed by atoms with E-state index in [9.17, 15) is 9.59 Å². The number of carbonyl (C=O) groups excluding carboxylic acids is 2. The highest BCUT2D eigenvalue weighted by Crippen LogP contribution is 2.15. The molecule has 4 heteroatoms. The van der Waals surface area contributed by atoms with Crippen molar-refractivity contribution in [3.05, 3.63) is 42.5 Å². The molecule has 1 atom stereocenters. The van der Waals surface area contributed by atoms with Crippen LogP contribution >= 0.6 is 0 Å². The lowest BCUT2D eigenvalue weighted by Gasteiger charge is -2.11. The second-order valence-corrected chi connectivity index (χ2v) is 3.47. The van der Waals surface area contributed by atoms with E-state index in [2.05, 4.69) is 11.3 Å². The highest BCUT2D eigenvalue weighted by atomic mass is 16.5. The Morgan fingerprint density at radius 2 is 1.82 bits per heavy atom. The molecule has 1 rings (SSSR count). The molecule has 0 saturated carbocycles. The number of ether oxygens (including phenoxy) is 2. The summed E-state index contributed by atoms with van der Waals surface area (Å²) in [7, 11) is 1.26. The Kier molecular flexibility index (Phi) is 4.46. The summed E-state index contributed by atoms with van der Waals surface area (Å²) in [6.45, 7) is 5.09. The maximum Gasteiger partial charge on any atom is 0.339 e. The van der Waals surface area contributed by atoms with Gasteiger partial charge in [-0.2, -0.15) is 0 Å². The summed E-state index contributed by atoms with van der Waals surface area (Å²) in [5.41, 5.74) is 0.0701. The molecule has 17 heavy (non-hydrogen) atoms. The first kappa shape index (κ1) is 13.0. The average Bonchev–Trinajstić information content (AvgIpc) is 2.37. The smallest absolute Gasteiger partial charge is 0.339 e. The zero-order chi connectivity index (χ0) is 12.8. The standard InChI is InChI=1S/C13H14O4/c1-9(12(14)16-3)10(2)13(15)17-11-7-5-4-6-8-11/h4-9H,2H2,1,3H3. The second kappa shape index (κ2) is 5.84. The van der Waals surface area contributed by atoms with Crippen LogP contribution in [0.3, 0.4) is 0 Å². The van der Waals surface area contributed by atoms with Gasteiger partial charge in [-0.25, -0.2) is 4.79 Å². The van der Waals surface area contributed by atoms with Crippen LogP contribution in [0.15, 0.2) is 42.5 Å². The van der Waals surface area contributed by atoms with Crippen molar-refractivity contribution < 1.29 is 19.1 Å². The summed E-state index contributed by atoms with van der Waals surface area (Å²) in [6.07, 6.45) is 0. The van der Waals surface area contributed by atoms with Gasteiger partial charge >= 0.3 is 11.9 Å². The van der Waals surface area contributed by atoms with Crippen LogP contribution in [0.25, 0.3) is 0 Å². The third-order valence-corrected chi connectivity index (χ3v) is 2.29. The van der Waals surface area contributed by atoms with Gasteiger partial charge in [0, 0.05) is 5.57 Å². The molecule has 0 N–H and O–H groups in total. The van der Waals surface area contributed by atoms with Crippen molar-refractivity contribution >= 4 is 11.9 Å². The fourth-order valence-electron chi connectivity index (χ4n) is 1.16. The SMILES string of the molecule is C=C(C(=O)Oc1ccccc1)C(C)C(=O)OC. The topological polar surface area (TPSA) is 52.6 Å². The first-order valence-electron chi connectivity index (χ1n) is 5.10. The second-order valence-electron chi connectivity index (χ2n) is 3.47. The number of hydrogen-bond acceptors (Lipinski definition) is 4. The summed E-state index contributed by atoms with van der Waals surface area (Å²) in [6, 6.07) is 8.59. The van der Waals surface area contributed by atoms with E-state index >= 15 is 0 Å². The summed E-state index contributed by atoms with van der Waals surface area (Å²) < 4.78 is 9.57. The maximum atomic E-state index is 11.6. The number of benzene rings is 1. The predicted molar refractivity (Wildman–Crippen MR) is 62.4 cm³/mol. The minimum absolute atomic E-state index is 0.0701. The van der Waals surface area contributed by atoms with E-state index in [0.29, 0.717) is 5.75 Å². The van der Waals surface area contributed by atoms with Gasteiger partial charge in [0.1, 0.15) is 5.75 Å². The van der Waals surface area contributed by atoms with Crippen LogP contribution in [0, 0.1) is 5.92 Å². The third kappa shape index (κ3) is 3.45. The van der Waals surface area contributed by atoms with Crippen LogP contribution in [0.4, 0.5) is 0 Å². The molecule has 90 valence electrons. The normalized spacial score (nSPS) is 11.4. The van der Waals surface area contributed by atoms with Gasteiger partial charge in [-0.05, 0) is 19.1 Å². The van der Waals surface area contributed by atoms with E-state index in [1.807, 2.05) is 6.07 Å². The third-order valence-electron chi connectivity index (χ3n) is 2.29. The molecule has 0 saturated heterocycles. The zero-order valence-corrected chi connectivity index (χ0v) is 9.80. The Hall–Kier alpha value is -2.10. The monoisotopic (exact) mass is 234 g/mol. The van der Waals surface area contributed by atoms with Gasteiger partial charge in [0.2, 0.25) is 0 Å². The number of esters is 2. The lowest BCUT2D eigenvalue weighted by molar-refractivity contribution is -0.145. The molecule has 0 amide bonds. The van der Waals surface area contributed by atoms with Crippen molar-refractivity contribution in [2.75, 3.05) is 7.11 Å². The lowest BCUT2D eigenvalue weighted by Crippen LogP contribution is -2.22. The Bertz CT molecular complexity index is 422. The van der Waals surface area contributed by atoms with Crippen molar-refractivity contribution in [3.8, 4) is 5.75 Å². The first-order chi connectivity index (χ1) is 8.06. The zero-order valence-electron chi connectivity index (χ0n) is 9.80. The average molecular weight is 234 g/mol. The fourth-order valence-corrected chi connectivity index (χ4v) is 1.16. The Balaban J connectivity index is 2.65. The van der Waals surface area contributed by atoms with Gasteiger partial charge in [-0.3, -0.25) is 4.79 Å². The van der Waals surface area contributed by atoms with Gasteiger partial charge in [-0.15, -0.1) is 0 Å². The molecule has 1 unspecified atom stereocenters. The van der Waals surface area contributed by atoms with Crippen LogP contribution < -0.4 is 4.74 Å². The molecule has 0 aliphatic rings. The van der Waals surface area contributed by atoms with Crippen LogP contribution in [0.2, 0.25) is 0 Å². The molecular weight excluding hydrogens is 220 g/mol. The summed E-state index contributed by atoms with van der Waals surface area (Å²) >= 11 is 0. The number of hydrogen-bond donors (Lipinski definition) is 0. The molecule has 0 heterocycles. The largest absolute Gasteiger partial charge is 0.469 e. The molecule has 0 aromatic heterocycles. The molecule has 1 aromatic carbocycles. The fraction of sp³-hybridized carbons (Fsp3) is 0.231. The summed E-state index contributed by atoms with van der Waals surface area (Å²) in [5.74, 6) is -1.44. The van der Waals surface area contributed by atoms with Crippen molar-refractivity contribution in [2.45, 2.75) is 6.92 Å². The van der Waals surface area contributed by atoms with Gasteiger partial charge in [0.15, 0.2) is 0 Å². The highest BCUT2D eigenvalue weighted by Gasteiger charge is 2.23. The number of rotatable bonds is 4. The quantitative estimate of drug-likeness (QED) is 0.454. The van der Waals surface area contributed by atoms with E-state index in [0.717, 1.165) is 0 Å². The van der Waals surface area contributed by atoms with Crippen molar-refractivity contribution in [1.82, 2.24) is 0 Å². The molecule has 0 aliphatic heterocycles. The molecular formula is C13H14O4. The van der Waals surface area contributed by atoms with Gasteiger partial charge in [0.05, 0.1) is 13.0 Å². The number of methoxy groups -OCH3 is 1.